The molecule has 0 aromatic rings. The van der Waals surface area contributed by atoms with Gasteiger partial charge in [0.2, 0.25) is 0 Å². The first kappa shape index (κ1) is 18.0. The third-order valence-electron chi connectivity index (χ3n) is 2.91. The van der Waals surface area contributed by atoms with Gasteiger partial charge in [-0.2, -0.15) is 0 Å². The summed E-state index contributed by atoms with van der Waals surface area (Å²) in [5, 5.41) is 0. The van der Waals surface area contributed by atoms with E-state index in [1.165, 1.54) is 57.8 Å². The average molecular weight is 319 g/mol. The second-order valence-electron chi connectivity index (χ2n) is 4.69. The Labute approximate surface area is 122 Å². The van der Waals surface area contributed by atoms with Crippen LogP contribution in [0.4, 0.5) is 0 Å². The summed E-state index contributed by atoms with van der Waals surface area (Å²) >= 11 is 17.5. The third kappa shape index (κ3) is 17.0. The van der Waals surface area contributed by atoms with E-state index in [2.05, 4.69) is 0 Å². The van der Waals surface area contributed by atoms with Crippen LogP contribution in [0.1, 0.15) is 64.2 Å². The lowest BCUT2D eigenvalue weighted by atomic mass is 10.1. The fourth-order valence-corrected chi connectivity index (χ4v) is 3.74. The van der Waals surface area contributed by atoms with E-state index >= 15 is 0 Å². The fraction of sp³-hybridized carbons (Fsp3) is 1.00. The maximum absolute atomic E-state index is 5.82. The second kappa shape index (κ2) is 12.1. The first-order chi connectivity index (χ1) is 8.06. The van der Waals surface area contributed by atoms with Gasteiger partial charge in [-0.3, -0.25) is 0 Å². The van der Waals surface area contributed by atoms with Crippen LogP contribution in [-0.4, -0.2) is 12.5 Å². The number of rotatable bonds is 12. The van der Waals surface area contributed by atoms with Crippen molar-refractivity contribution in [1.82, 2.24) is 0 Å². The Hall–Kier alpha value is 1.05. The summed E-state index contributed by atoms with van der Waals surface area (Å²) in [6, 6.07) is -1.53. The molecule has 0 radical (unpaired) electrons. The van der Waals surface area contributed by atoms with Gasteiger partial charge in [-0.15, -0.1) is 33.2 Å². The van der Waals surface area contributed by atoms with Gasteiger partial charge in [0, 0.05) is 0 Å². The smallest absolute Gasteiger partial charge is 0.330 e. The van der Waals surface area contributed by atoms with E-state index in [4.69, 9.17) is 39.0 Å². The minimum Gasteiger partial charge on any atom is -0.330 e. The molecule has 0 aliphatic carbocycles. The van der Waals surface area contributed by atoms with Crippen molar-refractivity contribution < 1.29 is 0 Å². The van der Waals surface area contributed by atoms with Gasteiger partial charge in [0.1, 0.15) is 0 Å². The molecule has 0 aromatic heterocycles. The fourth-order valence-electron chi connectivity index (χ4n) is 1.88. The largest absolute Gasteiger partial charge is 0.341 e. The third-order valence-corrected chi connectivity index (χ3v) is 5.54. The molecule has 0 unspecified atom stereocenters. The van der Waals surface area contributed by atoms with Crippen molar-refractivity contribution in [3.8, 4) is 0 Å². The molecule has 2 N–H and O–H groups in total. The lowest BCUT2D eigenvalue weighted by Crippen LogP contribution is -2.07. The van der Waals surface area contributed by atoms with E-state index in [1.54, 1.807) is 0 Å². The zero-order chi connectivity index (χ0) is 13.0. The summed E-state index contributed by atoms with van der Waals surface area (Å²) in [7, 11) is 0. The minimum atomic E-state index is -2.34. The monoisotopic (exact) mass is 317 g/mol. The van der Waals surface area contributed by atoms with E-state index in [-0.39, 0.29) is 0 Å². The van der Waals surface area contributed by atoms with Gasteiger partial charge in [-0.05, 0) is 19.0 Å². The Morgan fingerprint density at radius 1 is 0.588 bits per heavy atom. The van der Waals surface area contributed by atoms with E-state index < -0.39 is 6.00 Å². The highest BCUT2D eigenvalue weighted by molar-refractivity contribution is 7.64. The molecule has 0 aliphatic rings. The van der Waals surface area contributed by atoms with Crippen molar-refractivity contribution in [2.75, 3.05) is 6.54 Å². The van der Waals surface area contributed by atoms with E-state index in [9.17, 15) is 0 Å². The van der Waals surface area contributed by atoms with E-state index in [1.807, 2.05) is 0 Å². The summed E-state index contributed by atoms with van der Waals surface area (Å²) in [5.74, 6) is 0. The van der Waals surface area contributed by atoms with Gasteiger partial charge < -0.3 is 5.73 Å². The van der Waals surface area contributed by atoms with Crippen LogP contribution in [0, 0.1) is 0 Å². The molecule has 0 aliphatic heterocycles. The Balaban J connectivity index is 2.99. The highest BCUT2D eigenvalue weighted by atomic mass is 35.8. The molecule has 0 saturated carbocycles. The summed E-state index contributed by atoms with van der Waals surface area (Å²) in [4.78, 5) is 0. The van der Waals surface area contributed by atoms with Crippen LogP contribution in [0.3, 0.4) is 0 Å². The lowest BCUT2D eigenvalue weighted by Gasteiger charge is -2.06. The molecule has 0 saturated heterocycles. The normalized spacial score (nSPS) is 12.0. The van der Waals surface area contributed by atoms with Crippen LogP contribution < -0.4 is 5.73 Å². The summed E-state index contributed by atoms with van der Waals surface area (Å²) in [6.45, 7) is 0.840. The molecule has 5 heteroatoms. The van der Waals surface area contributed by atoms with Crippen molar-refractivity contribution in [2.45, 2.75) is 70.3 Å². The van der Waals surface area contributed by atoms with Crippen LogP contribution in [0.2, 0.25) is 6.04 Å². The van der Waals surface area contributed by atoms with Crippen molar-refractivity contribution in [2.24, 2.45) is 5.73 Å². The van der Waals surface area contributed by atoms with Crippen molar-refractivity contribution in [3.63, 3.8) is 0 Å². The number of halogens is 3. The first-order valence-corrected chi connectivity index (χ1v) is 12.1. The highest BCUT2D eigenvalue weighted by Crippen LogP contribution is 2.27. The minimum absolute atomic E-state index is 0.816. The SMILES string of the molecule is NCCCCCCCCCCCC[Si](Cl)(Cl)Cl. The Morgan fingerprint density at radius 2 is 0.941 bits per heavy atom. The van der Waals surface area contributed by atoms with Gasteiger partial charge in [-0.1, -0.05) is 57.8 Å². The van der Waals surface area contributed by atoms with Gasteiger partial charge in [0.05, 0.1) is 0 Å². The van der Waals surface area contributed by atoms with Crippen LogP contribution in [0.5, 0.6) is 0 Å². The Morgan fingerprint density at radius 3 is 1.29 bits per heavy atom. The molecule has 0 rings (SSSR count). The zero-order valence-corrected chi connectivity index (χ0v) is 14.0. The summed E-state index contributed by atoms with van der Waals surface area (Å²) in [5.41, 5.74) is 5.44. The van der Waals surface area contributed by atoms with Crippen molar-refractivity contribution in [1.29, 1.82) is 0 Å². The molecule has 104 valence electrons. The second-order valence-corrected chi connectivity index (χ2v) is 14.0. The predicted molar refractivity (Wildman–Crippen MR) is 83.3 cm³/mol. The molecule has 0 bridgehead atoms. The first-order valence-electron chi connectivity index (χ1n) is 6.83. The summed E-state index contributed by atoms with van der Waals surface area (Å²) in [6.07, 6.45) is 12.8. The molecule has 0 atom stereocenters. The number of hydrogen-bond acceptors (Lipinski definition) is 1. The molecule has 0 spiro atoms. The zero-order valence-electron chi connectivity index (χ0n) is 10.7. The molecule has 1 nitrogen and oxygen atoms in total. The van der Waals surface area contributed by atoms with Crippen LogP contribution in [0.25, 0.3) is 0 Å². The Bertz CT molecular complexity index is 162. The van der Waals surface area contributed by atoms with Gasteiger partial charge in [0.15, 0.2) is 0 Å². The number of unbranched alkanes of at least 4 members (excludes halogenated alkanes) is 9. The number of hydrogen-bond donors (Lipinski definition) is 1. The molecular formula is C12H26Cl3NSi. The van der Waals surface area contributed by atoms with Gasteiger partial charge in [-0.25, -0.2) is 0 Å². The van der Waals surface area contributed by atoms with Crippen LogP contribution >= 0.6 is 33.2 Å². The maximum Gasteiger partial charge on any atom is 0.341 e. The van der Waals surface area contributed by atoms with E-state index in [0.29, 0.717) is 0 Å². The molecule has 0 aromatic carbocycles. The van der Waals surface area contributed by atoms with E-state index in [0.717, 1.165) is 19.0 Å². The van der Waals surface area contributed by atoms with Crippen LogP contribution in [-0.2, 0) is 0 Å². The standard InChI is InChI=1S/C12H26Cl3NSi/c13-17(14,15)12-10-8-6-4-2-1-3-5-7-9-11-16/h1-12,16H2. The lowest BCUT2D eigenvalue weighted by molar-refractivity contribution is 0.558. The average Bonchev–Trinajstić information content (AvgIpc) is 2.24. The van der Waals surface area contributed by atoms with Gasteiger partial charge in [0.25, 0.3) is 0 Å². The molecule has 0 fully saturated rings. The van der Waals surface area contributed by atoms with Crippen LogP contribution in [0.15, 0.2) is 0 Å². The van der Waals surface area contributed by atoms with Gasteiger partial charge >= 0.3 is 6.00 Å². The summed E-state index contributed by atoms with van der Waals surface area (Å²) < 4.78 is 0. The quantitative estimate of drug-likeness (QED) is 0.287. The Kier molecular flexibility index (Phi) is 12.8. The van der Waals surface area contributed by atoms with Crippen molar-refractivity contribution >= 4 is 39.2 Å². The predicted octanol–water partition coefficient (Wildman–Crippen LogP) is 5.50. The molecule has 17 heavy (non-hydrogen) atoms. The maximum atomic E-state index is 5.82. The van der Waals surface area contributed by atoms with Crippen molar-refractivity contribution in [3.05, 3.63) is 0 Å². The molecular weight excluding hydrogens is 293 g/mol. The number of nitrogens with two attached hydrogens (primary N) is 1. The highest BCUT2D eigenvalue weighted by Gasteiger charge is 2.23. The topological polar surface area (TPSA) is 26.0 Å². The molecule has 0 amide bonds. The molecule has 0 heterocycles.